The Morgan fingerprint density at radius 1 is 1.38 bits per heavy atom. The zero-order valence-electron chi connectivity index (χ0n) is 14.6. The lowest BCUT2D eigenvalue weighted by Crippen LogP contribution is -2.38. The first-order chi connectivity index (χ1) is 11.4. The normalized spacial score (nSPS) is 21.1. The van der Waals surface area contributed by atoms with Gasteiger partial charge in [0.1, 0.15) is 10.7 Å². The molecule has 130 valence electrons. The number of carbonyl (C=O) groups excluding carboxylic acids is 1. The fourth-order valence-electron chi connectivity index (χ4n) is 3.51. The molecular formula is C18H25N3O2S. The van der Waals surface area contributed by atoms with Crippen molar-refractivity contribution in [1.29, 1.82) is 0 Å². The predicted octanol–water partition coefficient (Wildman–Crippen LogP) is 3.23. The summed E-state index contributed by atoms with van der Waals surface area (Å²) in [5, 5.41) is 3.81. The Morgan fingerprint density at radius 3 is 2.92 bits per heavy atom. The summed E-state index contributed by atoms with van der Waals surface area (Å²) in [5.41, 5.74) is 0.901. The van der Waals surface area contributed by atoms with Crippen LogP contribution in [0, 0.1) is 19.8 Å². The Balaban J connectivity index is 1.63. The van der Waals surface area contributed by atoms with E-state index in [4.69, 9.17) is 0 Å². The van der Waals surface area contributed by atoms with Crippen LogP contribution in [0.1, 0.15) is 55.3 Å². The average Bonchev–Trinajstić information content (AvgIpc) is 2.80. The molecule has 1 saturated carbocycles. The van der Waals surface area contributed by atoms with Crippen LogP contribution in [0.5, 0.6) is 0 Å². The Morgan fingerprint density at radius 2 is 2.17 bits per heavy atom. The molecule has 6 heteroatoms. The lowest BCUT2D eigenvalue weighted by Gasteiger charge is -2.27. The number of fused-ring (bicyclic) bond motifs is 1. The second-order valence-electron chi connectivity index (χ2n) is 7.01. The van der Waals surface area contributed by atoms with Crippen LogP contribution >= 0.6 is 11.3 Å². The molecule has 1 amide bonds. The van der Waals surface area contributed by atoms with Gasteiger partial charge >= 0.3 is 0 Å². The first-order valence-electron chi connectivity index (χ1n) is 8.72. The fourth-order valence-corrected chi connectivity index (χ4v) is 4.56. The van der Waals surface area contributed by atoms with Gasteiger partial charge in [-0.05, 0) is 38.2 Å². The predicted molar refractivity (Wildman–Crippen MR) is 97.6 cm³/mol. The van der Waals surface area contributed by atoms with Crippen molar-refractivity contribution in [2.75, 3.05) is 0 Å². The van der Waals surface area contributed by atoms with E-state index >= 15 is 0 Å². The number of amides is 1. The van der Waals surface area contributed by atoms with Gasteiger partial charge in [0.25, 0.3) is 5.56 Å². The van der Waals surface area contributed by atoms with E-state index in [1.54, 1.807) is 0 Å². The Labute approximate surface area is 145 Å². The van der Waals surface area contributed by atoms with Crippen molar-refractivity contribution in [2.24, 2.45) is 5.92 Å². The monoisotopic (exact) mass is 347 g/mol. The van der Waals surface area contributed by atoms with Crippen molar-refractivity contribution >= 4 is 27.5 Å². The maximum absolute atomic E-state index is 12.2. The molecule has 2 atom stereocenters. The van der Waals surface area contributed by atoms with Gasteiger partial charge in [-0.3, -0.25) is 9.59 Å². The van der Waals surface area contributed by atoms with Crippen molar-refractivity contribution in [3.05, 3.63) is 26.6 Å². The average molecular weight is 347 g/mol. The Hall–Kier alpha value is -1.69. The minimum Gasteiger partial charge on any atom is -0.353 e. The van der Waals surface area contributed by atoms with Crippen molar-refractivity contribution in [1.82, 2.24) is 15.3 Å². The molecule has 24 heavy (non-hydrogen) atoms. The summed E-state index contributed by atoms with van der Waals surface area (Å²) in [5.74, 6) is 1.34. The highest BCUT2D eigenvalue weighted by molar-refractivity contribution is 7.18. The highest BCUT2D eigenvalue weighted by Gasteiger charge is 2.20. The molecule has 0 unspecified atom stereocenters. The van der Waals surface area contributed by atoms with Gasteiger partial charge in [0.15, 0.2) is 0 Å². The number of aryl methyl sites for hydroxylation is 3. The van der Waals surface area contributed by atoms with Crippen LogP contribution in [-0.4, -0.2) is 21.9 Å². The van der Waals surface area contributed by atoms with Crippen LogP contribution in [0.4, 0.5) is 0 Å². The molecule has 5 nitrogen and oxygen atoms in total. The molecule has 2 N–H and O–H groups in total. The minimum atomic E-state index is -0.0987. The molecule has 2 aromatic rings. The standard InChI is InChI=1S/C18H25N3O2S/c1-10-5-4-6-13(9-10)19-15(22)8-7-14-20-17(23)16-11(2)12(3)24-18(16)21-14/h10,13H,4-9H2,1-3H3,(H,19,22)(H,20,21,23)/t10-,13-/m1/s1. The van der Waals surface area contributed by atoms with Gasteiger partial charge in [0, 0.05) is 23.8 Å². The topological polar surface area (TPSA) is 74.8 Å². The molecule has 1 aliphatic carbocycles. The second-order valence-corrected chi connectivity index (χ2v) is 8.22. The van der Waals surface area contributed by atoms with E-state index < -0.39 is 0 Å². The van der Waals surface area contributed by atoms with Gasteiger partial charge in [-0.2, -0.15) is 0 Å². The van der Waals surface area contributed by atoms with E-state index in [0.717, 1.165) is 28.1 Å². The number of nitrogens with one attached hydrogen (secondary N) is 2. The number of nitrogens with zero attached hydrogens (tertiary/aromatic N) is 1. The lowest BCUT2D eigenvalue weighted by molar-refractivity contribution is -0.122. The lowest BCUT2D eigenvalue weighted by atomic mass is 9.87. The van der Waals surface area contributed by atoms with Crippen LogP contribution < -0.4 is 10.9 Å². The number of aromatic nitrogens is 2. The maximum atomic E-state index is 12.2. The van der Waals surface area contributed by atoms with Gasteiger partial charge in [-0.15, -0.1) is 11.3 Å². The minimum absolute atomic E-state index is 0.0513. The van der Waals surface area contributed by atoms with E-state index in [1.807, 2.05) is 13.8 Å². The van der Waals surface area contributed by atoms with Crippen LogP contribution in [0.25, 0.3) is 10.2 Å². The van der Waals surface area contributed by atoms with Crippen LogP contribution in [0.2, 0.25) is 0 Å². The van der Waals surface area contributed by atoms with Gasteiger partial charge < -0.3 is 10.3 Å². The highest BCUT2D eigenvalue weighted by atomic mass is 32.1. The number of hydrogen-bond donors (Lipinski definition) is 2. The molecule has 2 aromatic heterocycles. The van der Waals surface area contributed by atoms with E-state index in [0.29, 0.717) is 36.0 Å². The number of thiophene rings is 1. The Kier molecular flexibility index (Phi) is 5.04. The largest absolute Gasteiger partial charge is 0.353 e. The van der Waals surface area contributed by atoms with Crippen molar-refractivity contribution in [3.8, 4) is 0 Å². The van der Waals surface area contributed by atoms with Crippen LogP contribution in [-0.2, 0) is 11.2 Å². The van der Waals surface area contributed by atoms with Crippen molar-refractivity contribution < 1.29 is 4.79 Å². The van der Waals surface area contributed by atoms with E-state index in [9.17, 15) is 9.59 Å². The summed E-state index contributed by atoms with van der Waals surface area (Å²) >= 11 is 1.54. The summed E-state index contributed by atoms with van der Waals surface area (Å²) in [6.45, 7) is 6.19. The molecular weight excluding hydrogens is 322 g/mol. The van der Waals surface area contributed by atoms with Gasteiger partial charge in [-0.1, -0.05) is 19.8 Å². The first kappa shape index (κ1) is 17.1. The van der Waals surface area contributed by atoms with E-state index in [1.165, 1.54) is 24.2 Å². The zero-order chi connectivity index (χ0) is 17.3. The number of hydrogen-bond acceptors (Lipinski definition) is 4. The van der Waals surface area contributed by atoms with Gasteiger partial charge in [0.05, 0.1) is 5.39 Å². The molecule has 0 aromatic carbocycles. The summed E-state index contributed by atoms with van der Waals surface area (Å²) in [4.78, 5) is 33.7. The number of aromatic amines is 1. The zero-order valence-corrected chi connectivity index (χ0v) is 15.4. The van der Waals surface area contributed by atoms with Gasteiger partial charge in [0.2, 0.25) is 5.91 Å². The number of rotatable bonds is 4. The third kappa shape index (κ3) is 3.69. The smallest absolute Gasteiger partial charge is 0.259 e. The molecule has 0 aliphatic heterocycles. The molecule has 1 aliphatic rings. The number of H-pyrrole nitrogens is 1. The van der Waals surface area contributed by atoms with E-state index in [2.05, 4.69) is 22.2 Å². The molecule has 0 saturated heterocycles. The van der Waals surface area contributed by atoms with E-state index in [-0.39, 0.29) is 11.5 Å². The second kappa shape index (κ2) is 7.05. The summed E-state index contributed by atoms with van der Waals surface area (Å²) < 4.78 is 0. The molecule has 1 fully saturated rings. The van der Waals surface area contributed by atoms with Crippen LogP contribution in [0.3, 0.4) is 0 Å². The fraction of sp³-hybridized carbons (Fsp3) is 0.611. The summed E-state index contributed by atoms with van der Waals surface area (Å²) in [6, 6.07) is 0.304. The van der Waals surface area contributed by atoms with Gasteiger partial charge in [-0.25, -0.2) is 4.98 Å². The molecule has 3 rings (SSSR count). The summed E-state index contributed by atoms with van der Waals surface area (Å²) in [6.07, 6.45) is 5.43. The quantitative estimate of drug-likeness (QED) is 0.891. The molecule has 2 heterocycles. The molecule has 0 radical (unpaired) electrons. The highest BCUT2D eigenvalue weighted by Crippen LogP contribution is 2.26. The van der Waals surface area contributed by atoms with Crippen molar-refractivity contribution in [2.45, 2.75) is 65.3 Å². The third-order valence-electron chi connectivity index (χ3n) is 4.98. The molecule has 0 bridgehead atoms. The SMILES string of the molecule is Cc1sc2nc(CCC(=O)N[C@@H]3CCC[C@@H](C)C3)[nH]c(=O)c2c1C. The third-order valence-corrected chi connectivity index (χ3v) is 6.08. The Bertz CT molecular complexity index is 808. The molecule has 0 spiro atoms. The maximum Gasteiger partial charge on any atom is 0.259 e. The number of carbonyl (C=O) groups is 1. The van der Waals surface area contributed by atoms with Crippen molar-refractivity contribution in [3.63, 3.8) is 0 Å². The summed E-state index contributed by atoms with van der Waals surface area (Å²) in [7, 11) is 0. The first-order valence-corrected chi connectivity index (χ1v) is 9.54. The van der Waals surface area contributed by atoms with Crippen LogP contribution in [0.15, 0.2) is 4.79 Å².